The molecule has 0 aliphatic carbocycles. The van der Waals surface area contributed by atoms with Crippen LogP contribution >= 0.6 is 12.6 Å². The highest BCUT2D eigenvalue weighted by molar-refractivity contribution is 7.79. The average molecular weight is 466 g/mol. The van der Waals surface area contributed by atoms with Gasteiger partial charge >= 0.3 is 0 Å². The van der Waals surface area contributed by atoms with Crippen molar-refractivity contribution in [2.24, 2.45) is 11.6 Å². The highest BCUT2D eigenvalue weighted by Crippen LogP contribution is 2.18. The predicted octanol–water partition coefficient (Wildman–Crippen LogP) is 9.12. The summed E-state index contributed by atoms with van der Waals surface area (Å²) in [6.07, 6.45) is 18.9. The summed E-state index contributed by atoms with van der Waals surface area (Å²) in [5.41, 5.74) is 7.49. The Bertz CT molecular complexity index is 255. The van der Waals surface area contributed by atoms with Crippen LogP contribution in [0.4, 0.5) is 0 Å². The molecule has 0 aromatic rings. The first-order valence-electron chi connectivity index (χ1n) is 12.4. The lowest BCUT2D eigenvalue weighted by Gasteiger charge is -2.27. The maximum atomic E-state index is 5.60. The first-order valence-corrected chi connectivity index (χ1v) is 13.3. The summed E-state index contributed by atoms with van der Waals surface area (Å²) in [6.45, 7) is 27.9. The fourth-order valence-corrected chi connectivity index (χ4v) is 1.52. The summed E-state index contributed by atoms with van der Waals surface area (Å²) in [5.74, 6) is 5.60. The van der Waals surface area contributed by atoms with Crippen molar-refractivity contribution in [3.63, 3.8) is 0 Å². The van der Waals surface area contributed by atoms with Gasteiger partial charge in [0.05, 0.1) is 0 Å². The molecule has 31 heavy (non-hydrogen) atoms. The fourth-order valence-electron chi connectivity index (χ4n) is 1.52. The number of hydrogen-bond donors (Lipinski definition) is 4. The van der Waals surface area contributed by atoms with Gasteiger partial charge in [-0.15, -0.1) is 6.58 Å². The molecule has 4 heteroatoms. The van der Waals surface area contributed by atoms with E-state index in [9.17, 15) is 0 Å². The molecule has 0 aliphatic heterocycles. The molecule has 1 unspecified atom stereocenters. The van der Waals surface area contributed by atoms with Crippen LogP contribution in [0.15, 0.2) is 37.0 Å². The van der Waals surface area contributed by atoms with Gasteiger partial charge in [0, 0.05) is 5.54 Å². The van der Waals surface area contributed by atoms with E-state index in [2.05, 4.69) is 70.2 Å². The van der Waals surface area contributed by atoms with E-state index in [-0.39, 0.29) is 5.54 Å². The molecule has 0 heterocycles. The highest BCUT2D eigenvalue weighted by Gasteiger charge is 2.19. The third kappa shape index (κ3) is 93.0. The predicted molar refractivity (Wildman–Crippen MR) is 159 cm³/mol. The third-order valence-corrected chi connectivity index (χ3v) is 2.69. The summed E-state index contributed by atoms with van der Waals surface area (Å²) >= 11 is 3.53. The summed E-state index contributed by atoms with van der Waals surface area (Å²) in [6, 6.07) is 0. The summed E-state index contributed by atoms with van der Waals surface area (Å²) in [4.78, 5) is 0. The van der Waals surface area contributed by atoms with Crippen LogP contribution in [0.5, 0.6) is 0 Å². The van der Waals surface area contributed by atoms with E-state index in [0.717, 1.165) is 12.8 Å². The molecule has 0 bridgehead atoms. The van der Waals surface area contributed by atoms with Gasteiger partial charge in [0.1, 0.15) is 0 Å². The second-order valence-corrected chi connectivity index (χ2v) is 5.44. The summed E-state index contributed by atoms with van der Waals surface area (Å²) in [7, 11) is 1.50. The molecule has 0 saturated heterocycles. The van der Waals surface area contributed by atoms with Crippen molar-refractivity contribution in [2.75, 3.05) is 13.3 Å². The summed E-state index contributed by atoms with van der Waals surface area (Å²) < 4.78 is 0. The molecule has 196 valence electrons. The van der Waals surface area contributed by atoms with Crippen LogP contribution in [0.25, 0.3) is 0 Å². The molecule has 3 nitrogen and oxygen atoms in total. The fraction of sp³-hybridized carbons (Fsp3) is 0.778. The molecule has 0 saturated carbocycles. The van der Waals surface area contributed by atoms with Crippen LogP contribution in [-0.4, -0.2) is 18.8 Å². The van der Waals surface area contributed by atoms with Gasteiger partial charge in [0.2, 0.25) is 0 Å². The standard InChI is InChI=1S/C13H26N2.C3H8.C3H6.3C2H6.CH5N.CH4S/c1-4-6-8-10-12-13(3,15-14)11-9-7-5-2;2*1-3-2;5*1-2/h4,6,8,10,15H,5,7,9,11-12,14H2,1-3H3;3H2,1-2H3;3H,1H2,2H3;3*1-2H3;2H2,1H3;2H,1H3/b6-4-,10-8+;;;;;;;. The number of allylic oxidation sites excluding steroid dienone is 4. The van der Waals surface area contributed by atoms with E-state index in [4.69, 9.17) is 5.84 Å². The Morgan fingerprint density at radius 1 is 0.871 bits per heavy atom. The smallest absolute Gasteiger partial charge is 0.0327 e. The van der Waals surface area contributed by atoms with Crippen LogP contribution in [0.2, 0.25) is 0 Å². The van der Waals surface area contributed by atoms with Gasteiger partial charge in [-0.3, -0.25) is 11.3 Å². The Morgan fingerprint density at radius 2 is 1.23 bits per heavy atom. The number of thiol groups is 1. The van der Waals surface area contributed by atoms with Crippen LogP contribution in [0.3, 0.4) is 0 Å². The summed E-state index contributed by atoms with van der Waals surface area (Å²) in [5, 5.41) is 0. The van der Waals surface area contributed by atoms with Gasteiger partial charge in [-0.05, 0) is 46.9 Å². The minimum atomic E-state index is 0.0489. The normalized spacial score (nSPS) is 9.84. The Kier molecular flexibility index (Phi) is 132. The Morgan fingerprint density at radius 3 is 1.48 bits per heavy atom. The van der Waals surface area contributed by atoms with Crippen molar-refractivity contribution in [3.05, 3.63) is 37.0 Å². The van der Waals surface area contributed by atoms with E-state index >= 15 is 0 Å². The molecule has 0 radical (unpaired) electrons. The van der Waals surface area contributed by atoms with Gasteiger partial charge in [-0.2, -0.15) is 12.6 Å². The topological polar surface area (TPSA) is 64.1 Å². The molecule has 0 fully saturated rings. The molecule has 0 aromatic heterocycles. The zero-order valence-electron chi connectivity index (χ0n) is 24.4. The maximum absolute atomic E-state index is 5.60. The number of unbranched alkanes of at least 4 members (excludes halogenated alkanes) is 2. The van der Waals surface area contributed by atoms with Crippen LogP contribution < -0.4 is 17.0 Å². The van der Waals surface area contributed by atoms with Crippen molar-refractivity contribution in [1.29, 1.82) is 0 Å². The van der Waals surface area contributed by atoms with Gasteiger partial charge in [-0.1, -0.05) is 118 Å². The molecular formula is C27H67N3S. The highest BCUT2D eigenvalue weighted by atomic mass is 32.1. The maximum Gasteiger partial charge on any atom is 0.0327 e. The van der Waals surface area contributed by atoms with Gasteiger partial charge < -0.3 is 5.73 Å². The first-order chi connectivity index (χ1) is 15.0. The third-order valence-electron chi connectivity index (χ3n) is 2.69. The van der Waals surface area contributed by atoms with Crippen LogP contribution in [-0.2, 0) is 0 Å². The van der Waals surface area contributed by atoms with Crippen molar-refractivity contribution >= 4 is 12.6 Å². The Labute approximate surface area is 207 Å². The molecule has 1 atom stereocenters. The number of hydrogen-bond acceptors (Lipinski definition) is 4. The number of rotatable bonds is 8. The lowest BCUT2D eigenvalue weighted by Crippen LogP contribution is -2.46. The molecule has 0 aromatic carbocycles. The second kappa shape index (κ2) is 78.3. The van der Waals surface area contributed by atoms with E-state index < -0.39 is 0 Å². The minimum Gasteiger partial charge on any atom is -0.333 e. The molecule has 5 N–H and O–H groups in total. The SMILES string of the molecule is C/C=C\C=C\CC(C)(CCCCC)NN.C=CC.CC.CC.CC.CCC.CN.CS. The zero-order valence-corrected chi connectivity index (χ0v) is 25.3. The first kappa shape index (κ1) is 52.4. The molecule has 0 aliphatic rings. The van der Waals surface area contributed by atoms with Gasteiger partial charge in [-0.25, -0.2) is 0 Å². The van der Waals surface area contributed by atoms with E-state index in [0.29, 0.717) is 0 Å². The lowest BCUT2D eigenvalue weighted by molar-refractivity contribution is 0.327. The number of nitrogens with two attached hydrogens (primary N) is 2. The number of hydrazine groups is 1. The molecule has 0 amide bonds. The lowest BCUT2D eigenvalue weighted by atomic mass is 9.91. The van der Waals surface area contributed by atoms with Gasteiger partial charge in [0.25, 0.3) is 0 Å². The van der Waals surface area contributed by atoms with Crippen molar-refractivity contribution < 1.29 is 0 Å². The van der Waals surface area contributed by atoms with E-state index in [1.165, 1.54) is 32.7 Å². The van der Waals surface area contributed by atoms with Crippen molar-refractivity contribution in [1.82, 2.24) is 5.43 Å². The van der Waals surface area contributed by atoms with Crippen LogP contribution in [0, 0.1) is 0 Å². The van der Waals surface area contributed by atoms with Crippen LogP contribution in [0.1, 0.15) is 122 Å². The molecular weight excluding hydrogens is 398 g/mol. The van der Waals surface area contributed by atoms with Gasteiger partial charge in [0.15, 0.2) is 0 Å². The quantitative estimate of drug-likeness (QED) is 0.0721. The molecule has 0 spiro atoms. The zero-order chi connectivity index (χ0) is 27.0. The Hall–Kier alpha value is -0.550. The second-order valence-electron chi connectivity index (χ2n) is 5.44. The van der Waals surface area contributed by atoms with Crippen molar-refractivity contribution in [2.45, 2.75) is 127 Å². The number of nitrogens with one attached hydrogen (secondary N) is 1. The monoisotopic (exact) mass is 466 g/mol. The Balaban J connectivity index is -0.0000000456. The van der Waals surface area contributed by atoms with E-state index in [1.807, 2.05) is 67.5 Å². The minimum absolute atomic E-state index is 0.0489. The average Bonchev–Trinajstić information content (AvgIpc) is 2.84. The molecule has 0 rings (SSSR count). The largest absolute Gasteiger partial charge is 0.333 e. The van der Waals surface area contributed by atoms with Crippen molar-refractivity contribution in [3.8, 4) is 0 Å². The van der Waals surface area contributed by atoms with E-state index in [1.54, 1.807) is 12.3 Å².